The van der Waals surface area contributed by atoms with Gasteiger partial charge in [-0.2, -0.15) is 0 Å². The maximum atomic E-state index is 12.5. The summed E-state index contributed by atoms with van der Waals surface area (Å²) in [5, 5.41) is 12.3. The van der Waals surface area contributed by atoms with Gasteiger partial charge in [0.25, 0.3) is 0 Å². The Morgan fingerprint density at radius 2 is 1.89 bits per heavy atom. The van der Waals surface area contributed by atoms with Crippen molar-refractivity contribution < 1.29 is 29.0 Å². The van der Waals surface area contributed by atoms with Gasteiger partial charge in [0.1, 0.15) is 17.7 Å². The molecule has 1 heterocycles. The van der Waals surface area contributed by atoms with Crippen molar-refractivity contribution in [3.8, 4) is 0 Å². The van der Waals surface area contributed by atoms with Gasteiger partial charge in [0.05, 0.1) is 6.04 Å². The molecule has 0 saturated carbocycles. The second-order valence-electron chi connectivity index (χ2n) is 7.78. The summed E-state index contributed by atoms with van der Waals surface area (Å²) in [6.45, 7) is 6.70. The SMILES string of the molecule is CC(C)(C)OC(=O)N[C@H]1CN(C(=O)OCc2ccccc2)[C@](C)(C(=O)O)C1. The normalized spacial score (nSPS) is 22.2. The molecule has 8 nitrogen and oxygen atoms in total. The van der Waals surface area contributed by atoms with Gasteiger partial charge in [-0.15, -0.1) is 0 Å². The second-order valence-corrected chi connectivity index (χ2v) is 7.78. The molecule has 0 bridgehead atoms. The van der Waals surface area contributed by atoms with Gasteiger partial charge < -0.3 is 19.9 Å². The topological polar surface area (TPSA) is 105 Å². The van der Waals surface area contributed by atoms with E-state index in [1.807, 2.05) is 18.2 Å². The standard InChI is InChI=1S/C19H26N2O6/c1-18(2,3)27-16(24)20-14-10-19(4,15(22)23)21(11-14)17(25)26-12-13-8-6-5-7-9-13/h5-9,14H,10-12H2,1-4H3,(H,20,24)(H,22,23)/t14-,19+/m1/s1. The number of amides is 2. The number of carbonyl (C=O) groups is 3. The van der Waals surface area contributed by atoms with Crippen LogP contribution in [0.4, 0.5) is 9.59 Å². The fourth-order valence-corrected chi connectivity index (χ4v) is 2.92. The molecule has 0 aromatic heterocycles. The molecule has 0 radical (unpaired) electrons. The predicted molar refractivity (Wildman–Crippen MR) is 97.1 cm³/mol. The molecule has 1 aliphatic heterocycles. The summed E-state index contributed by atoms with van der Waals surface area (Å²) in [5.74, 6) is -1.16. The van der Waals surface area contributed by atoms with Gasteiger partial charge in [0.2, 0.25) is 0 Å². The molecule has 0 aliphatic carbocycles. The van der Waals surface area contributed by atoms with Crippen molar-refractivity contribution >= 4 is 18.2 Å². The van der Waals surface area contributed by atoms with Crippen LogP contribution in [0.1, 0.15) is 39.7 Å². The third-order valence-electron chi connectivity index (χ3n) is 4.25. The summed E-state index contributed by atoms with van der Waals surface area (Å²) >= 11 is 0. The lowest BCUT2D eigenvalue weighted by molar-refractivity contribution is -0.147. The van der Waals surface area contributed by atoms with Crippen molar-refractivity contribution in [2.24, 2.45) is 0 Å². The highest BCUT2D eigenvalue weighted by atomic mass is 16.6. The first-order valence-electron chi connectivity index (χ1n) is 8.72. The van der Waals surface area contributed by atoms with E-state index in [1.165, 1.54) is 6.92 Å². The highest BCUT2D eigenvalue weighted by Gasteiger charge is 2.51. The van der Waals surface area contributed by atoms with E-state index < -0.39 is 35.3 Å². The number of likely N-dealkylation sites (tertiary alicyclic amines) is 1. The third kappa shape index (κ3) is 5.35. The summed E-state index contributed by atoms with van der Waals surface area (Å²) in [5.41, 5.74) is -1.36. The van der Waals surface area contributed by atoms with E-state index in [4.69, 9.17) is 9.47 Å². The summed E-state index contributed by atoms with van der Waals surface area (Å²) in [6, 6.07) is 8.55. The Morgan fingerprint density at radius 1 is 1.26 bits per heavy atom. The molecular weight excluding hydrogens is 352 g/mol. The van der Waals surface area contributed by atoms with Crippen molar-refractivity contribution in [1.29, 1.82) is 0 Å². The highest BCUT2D eigenvalue weighted by Crippen LogP contribution is 2.30. The van der Waals surface area contributed by atoms with Crippen LogP contribution in [0, 0.1) is 0 Å². The van der Waals surface area contributed by atoms with Crippen molar-refractivity contribution in [3.63, 3.8) is 0 Å². The Bertz CT molecular complexity index is 700. The Hall–Kier alpha value is -2.77. The highest BCUT2D eigenvalue weighted by molar-refractivity contribution is 5.85. The average Bonchev–Trinajstić information content (AvgIpc) is 2.89. The molecule has 2 amide bonds. The van der Waals surface area contributed by atoms with Crippen molar-refractivity contribution in [1.82, 2.24) is 10.2 Å². The Kier molecular flexibility index (Phi) is 5.98. The summed E-state index contributed by atoms with van der Waals surface area (Å²) in [7, 11) is 0. The van der Waals surface area contributed by atoms with E-state index in [-0.39, 0.29) is 19.6 Å². The molecule has 27 heavy (non-hydrogen) atoms. The van der Waals surface area contributed by atoms with Crippen LogP contribution in [0.25, 0.3) is 0 Å². The van der Waals surface area contributed by atoms with E-state index in [0.717, 1.165) is 10.5 Å². The first-order chi connectivity index (χ1) is 12.5. The molecule has 1 fully saturated rings. The van der Waals surface area contributed by atoms with Crippen molar-refractivity contribution in [2.45, 2.75) is 57.9 Å². The van der Waals surface area contributed by atoms with Crippen LogP contribution in [-0.4, -0.2) is 51.9 Å². The quantitative estimate of drug-likeness (QED) is 0.835. The predicted octanol–water partition coefficient (Wildman–Crippen LogP) is 2.77. The molecule has 148 valence electrons. The van der Waals surface area contributed by atoms with Crippen molar-refractivity contribution in [2.75, 3.05) is 6.54 Å². The summed E-state index contributed by atoms with van der Waals surface area (Å²) in [6.07, 6.45) is -1.33. The lowest BCUT2D eigenvalue weighted by Crippen LogP contribution is -2.50. The third-order valence-corrected chi connectivity index (χ3v) is 4.25. The number of carboxylic acid groups (broad SMARTS) is 1. The molecule has 0 spiro atoms. The summed E-state index contributed by atoms with van der Waals surface area (Å²) < 4.78 is 10.5. The number of carboxylic acids is 1. The number of benzene rings is 1. The van der Waals surface area contributed by atoms with Crippen LogP contribution < -0.4 is 5.32 Å². The van der Waals surface area contributed by atoms with Gasteiger partial charge in [0.15, 0.2) is 0 Å². The van der Waals surface area contributed by atoms with Crippen LogP contribution in [0.3, 0.4) is 0 Å². The van der Waals surface area contributed by atoms with Crippen LogP contribution in [0.5, 0.6) is 0 Å². The molecule has 1 aromatic carbocycles. The monoisotopic (exact) mass is 378 g/mol. The molecule has 0 unspecified atom stereocenters. The number of rotatable bonds is 4. The number of ether oxygens (including phenoxy) is 2. The number of hydrogen-bond donors (Lipinski definition) is 2. The molecule has 1 aliphatic rings. The van der Waals surface area contributed by atoms with E-state index >= 15 is 0 Å². The van der Waals surface area contributed by atoms with Crippen LogP contribution >= 0.6 is 0 Å². The number of alkyl carbamates (subject to hydrolysis) is 1. The molecule has 2 atom stereocenters. The number of nitrogens with zero attached hydrogens (tertiary/aromatic N) is 1. The minimum absolute atomic E-state index is 0.0235. The second kappa shape index (κ2) is 7.85. The zero-order valence-corrected chi connectivity index (χ0v) is 16.0. The van der Waals surface area contributed by atoms with Crippen molar-refractivity contribution in [3.05, 3.63) is 35.9 Å². The van der Waals surface area contributed by atoms with Crippen LogP contribution in [-0.2, 0) is 20.9 Å². The Balaban J connectivity index is 2.03. The molecule has 1 aromatic rings. The van der Waals surface area contributed by atoms with Gasteiger partial charge >= 0.3 is 18.2 Å². The van der Waals surface area contributed by atoms with E-state index in [2.05, 4.69) is 5.32 Å². The maximum absolute atomic E-state index is 12.5. The average molecular weight is 378 g/mol. The molecule has 2 rings (SSSR count). The van der Waals surface area contributed by atoms with Gasteiger partial charge in [-0.25, -0.2) is 14.4 Å². The lowest BCUT2D eigenvalue weighted by atomic mass is 9.98. The van der Waals surface area contributed by atoms with E-state index in [9.17, 15) is 19.5 Å². The molecule has 8 heteroatoms. The first kappa shape index (κ1) is 20.5. The number of aliphatic carboxylic acids is 1. The maximum Gasteiger partial charge on any atom is 0.411 e. The minimum Gasteiger partial charge on any atom is -0.480 e. The zero-order valence-electron chi connectivity index (χ0n) is 16.0. The van der Waals surface area contributed by atoms with Gasteiger partial charge in [-0.1, -0.05) is 30.3 Å². The zero-order chi connectivity index (χ0) is 20.2. The Labute approximate surface area is 158 Å². The van der Waals surface area contributed by atoms with Gasteiger partial charge in [-0.3, -0.25) is 4.90 Å². The summed E-state index contributed by atoms with van der Waals surface area (Å²) in [4.78, 5) is 37.4. The number of carbonyl (C=O) groups excluding carboxylic acids is 2. The van der Waals surface area contributed by atoms with Gasteiger partial charge in [-0.05, 0) is 33.3 Å². The first-order valence-corrected chi connectivity index (χ1v) is 8.72. The largest absolute Gasteiger partial charge is 0.480 e. The molecule has 2 N–H and O–H groups in total. The van der Waals surface area contributed by atoms with Crippen LogP contribution in [0.15, 0.2) is 30.3 Å². The van der Waals surface area contributed by atoms with E-state index in [0.29, 0.717) is 0 Å². The molecular formula is C19H26N2O6. The molecule has 1 saturated heterocycles. The Morgan fingerprint density at radius 3 is 2.44 bits per heavy atom. The fraction of sp³-hybridized carbons (Fsp3) is 0.526. The lowest BCUT2D eigenvalue weighted by Gasteiger charge is -2.29. The number of hydrogen-bond acceptors (Lipinski definition) is 5. The number of nitrogens with one attached hydrogen (secondary N) is 1. The minimum atomic E-state index is -1.48. The van der Waals surface area contributed by atoms with Crippen LogP contribution in [0.2, 0.25) is 0 Å². The van der Waals surface area contributed by atoms with Gasteiger partial charge in [0, 0.05) is 13.0 Å². The van der Waals surface area contributed by atoms with E-state index in [1.54, 1.807) is 32.9 Å². The smallest absolute Gasteiger partial charge is 0.411 e. The fourth-order valence-electron chi connectivity index (χ4n) is 2.92.